The summed E-state index contributed by atoms with van der Waals surface area (Å²) >= 11 is 0. The maximum absolute atomic E-state index is 15.3. The first kappa shape index (κ1) is 67.8. The highest BCUT2D eigenvalue weighted by Gasteiger charge is 2.48. The first-order valence-electron chi connectivity index (χ1n) is 37.2. The maximum Gasteiger partial charge on any atom is 0.136 e. The van der Waals surface area contributed by atoms with Gasteiger partial charge in [0, 0.05) is 44.9 Å². The smallest absolute Gasteiger partial charge is 0.136 e. The summed E-state index contributed by atoms with van der Waals surface area (Å²) in [6.07, 6.45) is 3.65. The minimum atomic E-state index is -0.784. The fraction of sp³-hybridized carbons (Fsp3) is 0.0980. The summed E-state index contributed by atoms with van der Waals surface area (Å²) in [5.41, 5.74) is 22.9. The van der Waals surface area contributed by atoms with Crippen molar-refractivity contribution in [3.8, 4) is 45.3 Å². The van der Waals surface area contributed by atoms with E-state index in [0.29, 0.717) is 0 Å². The van der Waals surface area contributed by atoms with Crippen LogP contribution in [0.1, 0.15) is 108 Å². The van der Waals surface area contributed by atoms with Crippen molar-refractivity contribution in [3.05, 3.63) is 419 Å². The maximum atomic E-state index is 15.3. The molecular weight excluding hydrogens is 1340 g/mol. The van der Waals surface area contributed by atoms with E-state index in [1.807, 2.05) is 91.0 Å². The lowest BCUT2D eigenvalue weighted by Crippen LogP contribution is -2.29. The van der Waals surface area contributed by atoms with Crippen LogP contribution in [-0.4, -0.2) is 0 Å². The van der Waals surface area contributed by atoms with E-state index >= 15 is 8.78 Å². The molecule has 0 spiro atoms. The average Bonchev–Trinajstić information content (AvgIpc) is 1.55. The number of nitrogens with zero attached hydrogens (tertiary/aromatic N) is 2. The molecule has 0 saturated carbocycles. The molecule has 5 nitrogen and oxygen atoms in total. The Bertz CT molecular complexity index is 6200. The first-order chi connectivity index (χ1) is 52.9. The Morgan fingerprint density at radius 3 is 1.08 bits per heavy atom. The molecule has 2 aliphatic carbocycles. The Morgan fingerprint density at radius 2 is 0.661 bits per heavy atom. The lowest BCUT2D eigenvalue weighted by atomic mass is 9.67. The van der Waals surface area contributed by atoms with Gasteiger partial charge in [0.15, 0.2) is 0 Å². The SMILES string of the molecule is C=Cc1ccc(Oc2ccc(C3(c4ccc(C(C)(C)C)cc4)c4ccccc4-c4ccc(N(c5ccc(F)cc5)c5ccc6cc7oc8ccc(N(c9ccc(F)cc9)c9ccc%10c(c9)C(c9ccc(Oc%11ccc(C=C)cc%11)cc9)(c9ccc(C(C)(C)C)cc9)c9ccccc9-%10)cc8c7cc6c5)cc43)cc2)cc1. The van der Waals surface area contributed by atoms with Crippen molar-refractivity contribution in [3.63, 3.8) is 0 Å². The summed E-state index contributed by atoms with van der Waals surface area (Å²) in [5, 5.41) is 3.81. The molecule has 1 aromatic heterocycles. The Hall–Kier alpha value is -13.1. The summed E-state index contributed by atoms with van der Waals surface area (Å²) < 4.78 is 50.5. The minimum absolute atomic E-state index is 0.0732. The molecule has 0 saturated heterocycles. The highest BCUT2D eigenvalue weighted by Crippen LogP contribution is 2.60. The number of hydrogen-bond donors (Lipinski definition) is 0. The van der Waals surface area contributed by atoms with E-state index in [1.165, 1.54) is 46.5 Å². The van der Waals surface area contributed by atoms with Crippen LogP contribution in [0.3, 0.4) is 0 Å². The summed E-state index contributed by atoms with van der Waals surface area (Å²) in [5.74, 6) is 2.26. The Balaban J connectivity index is 0.768. The van der Waals surface area contributed by atoms with Crippen LogP contribution in [0.2, 0.25) is 0 Å². The van der Waals surface area contributed by atoms with Crippen LogP contribution in [0.15, 0.2) is 345 Å². The molecule has 0 aliphatic heterocycles. The van der Waals surface area contributed by atoms with Gasteiger partial charge in [0.1, 0.15) is 45.8 Å². The fourth-order valence-electron chi connectivity index (χ4n) is 16.8. The molecule has 0 amide bonds. The highest BCUT2D eigenvalue weighted by atomic mass is 19.1. The van der Waals surface area contributed by atoms with Crippen LogP contribution in [0.5, 0.6) is 23.0 Å². The number of hydrogen-bond acceptors (Lipinski definition) is 5. The van der Waals surface area contributed by atoms with Gasteiger partial charge in [0.05, 0.1) is 10.8 Å². The van der Waals surface area contributed by atoms with Gasteiger partial charge in [0.2, 0.25) is 0 Å². The summed E-state index contributed by atoms with van der Waals surface area (Å²) in [6, 6.07) is 113. The summed E-state index contributed by atoms with van der Waals surface area (Å²) in [4.78, 5) is 4.46. The molecule has 1 heterocycles. The van der Waals surface area contributed by atoms with Crippen molar-refractivity contribution in [1.82, 2.24) is 0 Å². The molecule has 2 atom stereocenters. The molecular formula is C102H78F2N2O3. The second-order valence-corrected chi connectivity index (χ2v) is 30.8. The van der Waals surface area contributed by atoms with E-state index in [9.17, 15) is 0 Å². The number of fused-ring (bicyclic) bond motifs is 10. The zero-order chi connectivity index (χ0) is 74.5. The zero-order valence-electron chi connectivity index (χ0n) is 61.6. The van der Waals surface area contributed by atoms with E-state index in [-0.39, 0.29) is 22.5 Å². The van der Waals surface area contributed by atoms with Crippen LogP contribution < -0.4 is 19.3 Å². The topological polar surface area (TPSA) is 38.1 Å². The molecule has 2 unspecified atom stereocenters. The molecule has 0 fully saturated rings. The molecule has 7 heteroatoms. The predicted octanol–water partition coefficient (Wildman–Crippen LogP) is 28.1. The number of halogens is 2. The van der Waals surface area contributed by atoms with E-state index in [1.54, 1.807) is 0 Å². The van der Waals surface area contributed by atoms with E-state index < -0.39 is 10.8 Å². The zero-order valence-corrected chi connectivity index (χ0v) is 61.6. The van der Waals surface area contributed by atoms with Gasteiger partial charge >= 0.3 is 0 Å². The van der Waals surface area contributed by atoms with E-state index in [0.717, 1.165) is 157 Å². The summed E-state index contributed by atoms with van der Waals surface area (Å²) in [7, 11) is 0. The monoisotopic (exact) mass is 1420 g/mol. The van der Waals surface area contributed by atoms with E-state index in [4.69, 9.17) is 13.9 Å². The number of furan rings is 1. The van der Waals surface area contributed by atoms with Gasteiger partial charge < -0.3 is 23.7 Å². The van der Waals surface area contributed by atoms with Crippen molar-refractivity contribution in [2.24, 2.45) is 0 Å². The van der Waals surface area contributed by atoms with Crippen molar-refractivity contribution in [1.29, 1.82) is 0 Å². The molecule has 109 heavy (non-hydrogen) atoms. The average molecular weight is 1420 g/mol. The molecule has 16 aromatic rings. The Labute approximate surface area is 635 Å². The van der Waals surface area contributed by atoms with Crippen LogP contribution >= 0.6 is 0 Å². The van der Waals surface area contributed by atoms with Crippen LogP contribution in [0.4, 0.5) is 42.9 Å². The van der Waals surface area contributed by atoms with Crippen molar-refractivity contribution in [2.45, 2.75) is 63.2 Å². The van der Waals surface area contributed by atoms with Crippen LogP contribution in [-0.2, 0) is 21.7 Å². The summed E-state index contributed by atoms with van der Waals surface area (Å²) in [6.45, 7) is 21.4. The third-order valence-electron chi connectivity index (χ3n) is 22.3. The second-order valence-electron chi connectivity index (χ2n) is 30.8. The van der Waals surface area contributed by atoms with Gasteiger partial charge in [-0.3, -0.25) is 0 Å². The lowest BCUT2D eigenvalue weighted by Gasteiger charge is -2.35. The largest absolute Gasteiger partial charge is 0.457 e. The molecule has 528 valence electrons. The number of rotatable bonds is 16. The molecule has 18 rings (SSSR count). The second kappa shape index (κ2) is 26.4. The van der Waals surface area contributed by atoms with Crippen LogP contribution in [0.25, 0.3) is 67.1 Å². The van der Waals surface area contributed by atoms with Crippen molar-refractivity contribution in [2.75, 3.05) is 9.80 Å². The first-order valence-corrected chi connectivity index (χ1v) is 37.2. The highest BCUT2D eigenvalue weighted by molar-refractivity contribution is 6.12. The lowest BCUT2D eigenvalue weighted by molar-refractivity contribution is 0.482. The molecule has 0 bridgehead atoms. The van der Waals surface area contributed by atoms with Crippen molar-refractivity contribution >= 4 is 79.0 Å². The third-order valence-corrected chi connectivity index (χ3v) is 22.3. The number of ether oxygens (including phenoxy) is 2. The predicted molar refractivity (Wildman–Crippen MR) is 446 cm³/mol. The molecule has 0 N–H and O–H groups in total. The van der Waals surface area contributed by atoms with Gasteiger partial charge in [-0.05, 0) is 274 Å². The Kier molecular flexibility index (Phi) is 16.4. The van der Waals surface area contributed by atoms with Gasteiger partial charge in [-0.2, -0.15) is 0 Å². The van der Waals surface area contributed by atoms with Crippen LogP contribution in [0, 0.1) is 11.6 Å². The quantitative estimate of drug-likeness (QED) is 0.0964. The number of benzene rings is 15. The minimum Gasteiger partial charge on any atom is -0.457 e. The molecule has 2 aliphatic rings. The van der Waals surface area contributed by atoms with Gasteiger partial charge in [0.25, 0.3) is 0 Å². The number of anilines is 6. The fourth-order valence-corrected chi connectivity index (χ4v) is 16.8. The van der Waals surface area contributed by atoms with Gasteiger partial charge in [-0.25, -0.2) is 8.78 Å². The van der Waals surface area contributed by atoms with Gasteiger partial charge in [-0.15, -0.1) is 0 Å². The third kappa shape index (κ3) is 11.7. The Morgan fingerprint density at radius 1 is 0.312 bits per heavy atom. The molecule has 0 radical (unpaired) electrons. The standard InChI is InChI=1S/C102H78F2N2O3/c1-9-65-19-48-83(49-20-65)107-85-52-32-73(33-53-85)101(71-28-24-69(25-29-71)99(3,4)5)93-17-13-11-15-87(93)89-56-45-81(63-95(89)101)105(77-41-36-75(103)37-42-77)79-40-23-67-61-98-91(60-68(67)59-79)92-62-80(47-58-97(92)109-98)106(78-43-38-76(104)39-44-78)82-46-57-90-88-16-12-14-18-94(88)102(96(90)64-82,72-30-26-70(27-31-72)100(6,7)8)74-34-54-86(55-35-74)108-84-50-21-66(10-2)22-51-84/h9-64H,1-2H2,3-8H3. The molecule has 15 aromatic carbocycles. The van der Waals surface area contributed by atoms with E-state index in [2.05, 4.69) is 289 Å². The van der Waals surface area contributed by atoms with Crippen molar-refractivity contribution < 1.29 is 22.7 Å². The van der Waals surface area contributed by atoms with Gasteiger partial charge in [-0.1, -0.05) is 231 Å². The normalized spacial score (nSPS) is 14.9.